The Morgan fingerprint density at radius 1 is 1.27 bits per heavy atom. The number of aliphatic hydroxyl groups is 1. The molecule has 0 bridgehead atoms. The van der Waals surface area contributed by atoms with Crippen LogP contribution in [0.1, 0.15) is 37.5 Å². The van der Waals surface area contributed by atoms with E-state index in [2.05, 4.69) is 14.8 Å². The highest BCUT2D eigenvalue weighted by Crippen LogP contribution is 2.35. The van der Waals surface area contributed by atoms with Crippen LogP contribution in [0.3, 0.4) is 0 Å². The summed E-state index contributed by atoms with van der Waals surface area (Å²) >= 11 is 0. The summed E-state index contributed by atoms with van der Waals surface area (Å²) in [6.45, 7) is 0.547. The standard InChI is InChI=1S/C20H27N3O7/c1-26-15(24)10-6-3-7-11-27-20-16(22-23-21)17(25)18-14(29-20)12-28-19(30-18)13-8-4-2-5-9-13/h2,4-5,8-9,14,16-20,25H,3,6-7,10-12H2,1H3/t14-,16-,17-,18+,19+,20+/m1/s1. The second kappa shape index (κ2) is 11.3. The number of benzene rings is 1. The van der Waals surface area contributed by atoms with Gasteiger partial charge in [0.15, 0.2) is 12.6 Å². The van der Waals surface area contributed by atoms with Crippen molar-refractivity contribution in [3.05, 3.63) is 46.3 Å². The molecule has 6 atom stereocenters. The molecular formula is C20H27N3O7. The first-order valence-electron chi connectivity index (χ1n) is 10.0. The van der Waals surface area contributed by atoms with Gasteiger partial charge in [0.05, 0.1) is 19.8 Å². The predicted molar refractivity (Wildman–Crippen MR) is 104 cm³/mol. The van der Waals surface area contributed by atoms with Gasteiger partial charge in [0.1, 0.15) is 18.2 Å². The predicted octanol–water partition coefficient (Wildman–Crippen LogP) is 2.62. The number of azide groups is 1. The second-order valence-corrected chi connectivity index (χ2v) is 7.16. The lowest BCUT2D eigenvalue weighted by Crippen LogP contribution is -2.61. The van der Waals surface area contributed by atoms with Crippen molar-refractivity contribution < 1.29 is 33.6 Å². The van der Waals surface area contributed by atoms with Crippen molar-refractivity contribution in [2.24, 2.45) is 5.11 Å². The SMILES string of the molecule is COC(=O)CCCCCO[C@H]1O[C@@H]2CO[C@H](c3ccccc3)O[C@@H]2[C@H](O)[C@H]1N=[N+]=[N-]. The van der Waals surface area contributed by atoms with Crippen molar-refractivity contribution >= 4 is 5.97 Å². The van der Waals surface area contributed by atoms with E-state index in [1.54, 1.807) is 0 Å². The minimum Gasteiger partial charge on any atom is -0.469 e. The van der Waals surface area contributed by atoms with E-state index in [1.165, 1.54) is 7.11 Å². The van der Waals surface area contributed by atoms with Crippen molar-refractivity contribution in [1.29, 1.82) is 0 Å². The van der Waals surface area contributed by atoms with Gasteiger partial charge >= 0.3 is 5.97 Å². The zero-order valence-corrected chi connectivity index (χ0v) is 16.8. The molecule has 2 fully saturated rings. The molecule has 30 heavy (non-hydrogen) atoms. The Morgan fingerprint density at radius 3 is 2.80 bits per heavy atom. The summed E-state index contributed by atoms with van der Waals surface area (Å²) in [5.41, 5.74) is 9.75. The van der Waals surface area contributed by atoms with Gasteiger partial charge in [-0.1, -0.05) is 41.9 Å². The topological polar surface area (TPSA) is 132 Å². The Morgan fingerprint density at radius 2 is 2.07 bits per heavy atom. The molecule has 2 aliphatic heterocycles. The van der Waals surface area contributed by atoms with E-state index in [-0.39, 0.29) is 12.6 Å². The molecule has 0 radical (unpaired) electrons. The zero-order chi connectivity index (χ0) is 21.3. The van der Waals surface area contributed by atoms with Crippen LogP contribution in [0.4, 0.5) is 0 Å². The molecule has 0 spiro atoms. The van der Waals surface area contributed by atoms with E-state index in [4.69, 9.17) is 24.5 Å². The van der Waals surface area contributed by atoms with Crippen LogP contribution in [0.2, 0.25) is 0 Å². The first kappa shape index (κ1) is 22.5. The molecule has 2 heterocycles. The third-order valence-corrected chi connectivity index (χ3v) is 5.13. The Kier molecular flexibility index (Phi) is 8.44. The molecule has 10 heteroatoms. The number of nitrogens with zero attached hydrogens (tertiary/aromatic N) is 3. The molecule has 0 aliphatic carbocycles. The number of methoxy groups -OCH3 is 1. The van der Waals surface area contributed by atoms with Gasteiger partial charge in [0.2, 0.25) is 0 Å². The van der Waals surface area contributed by atoms with Gasteiger partial charge in [0, 0.05) is 23.5 Å². The van der Waals surface area contributed by atoms with Crippen LogP contribution >= 0.6 is 0 Å². The number of hydrogen-bond donors (Lipinski definition) is 1. The van der Waals surface area contributed by atoms with Crippen molar-refractivity contribution in [3.8, 4) is 0 Å². The minimum atomic E-state index is -1.10. The monoisotopic (exact) mass is 421 g/mol. The molecule has 0 amide bonds. The van der Waals surface area contributed by atoms with Crippen LogP contribution < -0.4 is 0 Å². The molecule has 2 aliphatic rings. The summed E-state index contributed by atoms with van der Waals surface area (Å²) < 4.78 is 27.9. The molecule has 2 saturated heterocycles. The Labute approximate surface area is 174 Å². The Hall–Kier alpha value is -2.20. The highest BCUT2D eigenvalue weighted by Gasteiger charge is 2.49. The molecule has 1 aromatic carbocycles. The molecule has 1 N–H and O–H groups in total. The normalized spacial score (nSPS) is 30.7. The lowest BCUT2D eigenvalue weighted by atomic mass is 9.96. The maximum Gasteiger partial charge on any atom is 0.305 e. The summed E-state index contributed by atoms with van der Waals surface area (Å²) in [5, 5.41) is 14.5. The summed E-state index contributed by atoms with van der Waals surface area (Å²) in [6.07, 6.45) is -1.38. The van der Waals surface area contributed by atoms with Gasteiger partial charge in [-0.3, -0.25) is 4.79 Å². The lowest BCUT2D eigenvalue weighted by molar-refractivity contribution is -0.341. The first-order valence-corrected chi connectivity index (χ1v) is 10.0. The number of ether oxygens (including phenoxy) is 5. The Balaban J connectivity index is 1.54. The summed E-state index contributed by atoms with van der Waals surface area (Å²) in [4.78, 5) is 13.9. The largest absolute Gasteiger partial charge is 0.469 e. The van der Waals surface area contributed by atoms with Crippen molar-refractivity contribution in [1.82, 2.24) is 0 Å². The number of fused-ring (bicyclic) bond motifs is 1. The molecule has 164 valence electrons. The fourth-order valence-electron chi connectivity index (χ4n) is 3.53. The van der Waals surface area contributed by atoms with Crippen LogP contribution in [0, 0.1) is 0 Å². The van der Waals surface area contributed by atoms with Crippen LogP contribution in [0.25, 0.3) is 10.4 Å². The average Bonchev–Trinajstić information content (AvgIpc) is 2.78. The number of hydrogen-bond acceptors (Lipinski definition) is 8. The number of esters is 1. The summed E-state index contributed by atoms with van der Waals surface area (Å²) in [5.74, 6) is -0.241. The first-order chi connectivity index (χ1) is 14.6. The average molecular weight is 421 g/mol. The molecular weight excluding hydrogens is 394 g/mol. The number of rotatable bonds is 9. The smallest absolute Gasteiger partial charge is 0.305 e. The number of unbranched alkanes of at least 4 members (excludes halogenated alkanes) is 2. The molecule has 3 rings (SSSR count). The quantitative estimate of drug-likeness (QED) is 0.213. The number of aliphatic hydroxyl groups excluding tert-OH is 1. The van der Waals surface area contributed by atoms with Gasteiger partial charge in [-0.05, 0) is 18.4 Å². The fraction of sp³-hybridized carbons (Fsp3) is 0.650. The highest BCUT2D eigenvalue weighted by atomic mass is 16.7. The molecule has 0 saturated carbocycles. The second-order valence-electron chi connectivity index (χ2n) is 7.16. The van der Waals surface area contributed by atoms with Gasteiger partial charge in [-0.25, -0.2) is 0 Å². The third kappa shape index (κ3) is 5.69. The van der Waals surface area contributed by atoms with E-state index >= 15 is 0 Å². The maximum atomic E-state index is 11.1. The third-order valence-electron chi connectivity index (χ3n) is 5.13. The van der Waals surface area contributed by atoms with Crippen LogP contribution in [0.5, 0.6) is 0 Å². The van der Waals surface area contributed by atoms with Crippen LogP contribution in [0.15, 0.2) is 35.4 Å². The van der Waals surface area contributed by atoms with Gasteiger partial charge < -0.3 is 28.8 Å². The van der Waals surface area contributed by atoms with Crippen LogP contribution in [-0.2, 0) is 28.5 Å². The van der Waals surface area contributed by atoms with Gasteiger partial charge in [-0.15, -0.1) is 0 Å². The van der Waals surface area contributed by atoms with Crippen molar-refractivity contribution in [3.63, 3.8) is 0 Å². The van der Waals surface area contributed by atoms with E-state index in [1.807, 2.05) is 30.3 Å². The molecule has 1 aromatic rings. The zero-order valence-electron chi connectivity index (χ0n) is 16.8. The highest BCUT2D eigenvalue weighted by molar-refractivity contribution is 5.68. The number of carbonyl (C=O) groups excluding carboxylic acids is 1. The minimum absolute atomic E-state index is 0.212. The lowest BCUT2D eigenvalue weighted by Gasteiger charge is -2.46. The Bertz CT molecular complexity index is 728. The van der Waals surface area contributed by atoms with E-state index in [0.29, 0.717) is 25.9 Å². The van der Waals surface area contributed by atoms with E-state index < -0.39 is 36.9 Å². The van der Waals surface area contributed by atoms with Gasteiger partial charge in [-0.2, -0.15) is 0 Å². The summed E-state index contributed by atoms with van der Waals surface area (Å²) in [6, 6.07) is 8.44. The molecule has 10 nitrogen and oxygen atoms in total. The van der Waals surface area contributed by atoms with Crippen LogP contribution in [-0.4, -0.2) is 62.0 Å². The molecule has 0 unspecified atom stereocenters. The maximum absolute atomic E-state index is 11.1. The summed E-state index contributed by atoms with van der Waals surface area (Å²) in [7, 11) is 1.36. The van der Waals surface area contributed by atoms with Crippen molar-refractivity contribution in [2.45, 2.75) is 62.6 Å². The van der Waals surface area contributed by atoms with Gasteiger partial charge in [0.25, 0.3) is 0 Å². The van der Waals surface area contributed by atoms with Crippen molar-refractivity contribution in [2.75, 3.05) is 20.3 Å². The molecule has 0 aromatic heterocycles. The number of carbonyl (C=O) groups is 1. The van der Waals surface area contributed by atoms with E-state index in [0.717, 1.165) is 12.0 Å². The fourth-order valence-corrected chi connectivity index (χ4v) is 3.53. The van der Waals surface area contributed by atoms with E-state index in [9.17, 15) is 9.90 Å².